The van der Waals surface area contributed by atoms with Crippen LogP contribution in [0, 0.1) is 0 Å². The summed E-state index contributed by atoms with van der Waals surface area (Å²) in [6.07, 6.45) is 0. The van der Waals surface area contributed by atoms with Gasteiger partial charge in [-0.05, 0) is 11.5 Å². The molecule has 1 aromatic heterocycles. The molecule has 0 unspecified atom stereocenters. The van der Waals surface area contributed by atoms with Gasteiger partial charge in [0.05, 0.1) is 12.2 Å². The van der Waals surface area contributed by atoms with Crippen molar-refractivity contribution in [3.05, 3.63) is 51.9 Å². The second-order valence-corrected chi connectivity index (χ2v) is 4.83. The van der Waals surface area contributed by atoms with Crippen molar-refractivity contribution >= 4 is 5.69 Å². The molecule has 1 heterocycles. The van der Waals surface area contributed by atoms with Gasteiger partial charge >= 0.3 is 0 Å². The number of nitrogen functional groups attached to an aromatic ring is 1. The number of aromatic nitrogens is 2. The van der Waals surface area contributed by atoms with E-state index >= 15 is 0 Å². The fourth-order valence-corrected chi connectivity index (χ4v) is 2.31. The van der Waals surface area contributed by atoms with Crippen molar-refractivity contribution in [2.75, 3.05) is 5.73 Å². The van der Waals surface area contributed by atoms with Crippen LogP contribution in [-0.4, -0.2) is 9.36 Å². The summed E-state index contributed by atoms with van der Waals surface area (Å²) in [5.74, 6) is 0.236. The van der Waals surface area contributed by atoms with Gasteiger partial charge < -0.3 is 5.73 Å². The van der Waals surface area contributed by atoms with Crippen LogP contribution >= 0.6 is 0 Å². The summed E-state index contributed by atoms with van der Waals surface area (Å²) in [7, 11) is 1.88. The summed E-state index contributed by atoms with van der Waals surface area (Å²) >= 11 is 0. The monoisotopic (exact) mass is 245 g/mol. The van der Waals surface area contributed by atoms with E-state index in [1.807, 2.05) is 55.9 Å². The molecule has 0 bridgehead atoms. The topological polar surface area (TPSA) is 53.0 Å². The maximum atomic E-state index is 12.1. The normalized spacial score (nSPS) is 11.1. The van der Waals surface area contributed by atoms with E-state index in [2.05, 4.69) is 0 Å². The van der Waals surface area contributed by atoms with Gasteiger partial charge in [-0.15, -0.1) is 0 Å². The van der Waals surface area contributed by atoms with E-state index in [4.69, 9.17) is 5.73 Å². The van der Waals surface area contributed by atoms with Gasteiger partial charge in [-0.1, -0.05) is 44.2 Å². The molecule has 0 aliphatic heterocycles. The van der Waals surface area contributed by atoms with E-state index in [-0.39, 0.29) is 11.5 Å². The summed E-state index contributed by atoms with van der Waals surface area (Å²) in [6, 6.07) is 9.91. The highest BCUT2D eigenvalue weighted by Crippen LogP contribution is 2.18. The van der Waals surface area contributed by atoms with Crippen molar-refractivity contribution in [3.8, 4) is 0 Å². The van der Waals surface area contributed by atoms with Crippen molar-refractivity contribution in [2.45, 2.75) is 26.3 Å². The number of benzene rings is 1. The van der Waals surface area contributed by atoms with Crippen LogP contribution in [0.25, 0.3) is 0 Å². The number of nitrogens with two attached hydrogens (primary N) is 1. The summed E-state index contributed by atoms with van der Waals surface area (Å²) in [5, 5.41) is 0. The van der Waals surface area contributed by atoms with Crippen LogP contribution < -0.4 is 11.3 Å². The van der Waals surface area contributed by atoms with E-state index in [1.165, 1.54) is 0 Å². The van der Waals surface area contributed by atoms with Gasteiger partial charge in [-0.3, -0.25) is 9.48 Å². The van der Waals surface area contributed by atoms with Gasteiger partial charge in [-0.2, -0.15) is 0 Å². The van der Waals surface area contributed by atoms with Crippen LogP contribution in [0.5, 0.6) is 0 Å². The molecule has 96 valence electrons. The molecule has 4 nitrogen and oxygen atoms in total. The van der Waals surface area contributed by atoms with Gasteiger partial charge in [0.15, 0.2) is 0 Å². The molecule has 0 amide bonds. The minimum atomic E-state index is -0.106. The average Bonchev–Trinajstić information content (AvgIpc) is 2.55. The summed E-state index contributed by atoms with van der Waals surface area (Å²) in [4.78, 5) is 12.1. The number of nitrogens with zero attached hydrogens (tertiary/aromatic N) is 2. The molecule has 2 N–H and O–H groups in total. The zero-order valence-corrected chi connectivity index (χ0v) is 11.1. The maximum absolute atomic E-state index is 12.1. The van der Waals surface area contributed by atoms with Crippen LogP contribution in [0.2, 0.25) is 0 Å². The highest BCUT2D eigenvalue weighted by atomic mass is 16.1. The Morgan fingerprint density at radius 2 is 1.83 bits per heavy atom. The SMILES string of the molecule is CC(C)c1c(N)c(=O)n(Cc2ccccc2)n1C. The van der Waals surface area contributed by atoms with Gasteiger partial charge in [0.25, 0.3) is 5.56 Å². The number of hydrogen-bond donors (Lipinski definition) is 1. The lowest BCUT2D eigenvalue weighted by molar-refractivity contribution is 0.508. The molecule has 0 aliphatic carbocycles. The Bertz CT molecular complexity index is 593. The van der Waals surface area contributed by atoms with Crippen molar-refractivity contribution in [3.63, 3.8) is 0 Å². The predicted molar refractivity (Wildman–Crippen MR) is 73.7 cm³/mol. The highest BCUT2D eigenvalue weighted by Gasteiger charge is 2.17. The van der Waals surface area contributed by atoms with Gasteiger partial charge in [0, 0.05) is 7.05 Å². The molecule has 1 aromatic carbocycles. The van der Waals surface area contributed by atoms with E-state index in [1.54, 1.807) is 4.68 Å². The lowest BCUT2D eigenvalue weighted by Crippen LogP contribution is -2.23. The van der Waals surface area contributed by atoms with Gasteiger partial charge in [-0.25, -0.2) is 4.68 Å². The van der Waals surface area contributed by atoms with Crippen molar-refractivity contribution in [1.29, 1.82) is 0 Å². The first-order valence-corrected chi connectivity index (χ1v) is 6.11. The molecular formula is C14H19N3O. The predicted octanol–water partition coefficient (Wildman–Crippen LogP) is 1.94. The third-order valence-corrected chi connectivity index (χ3v) is 3.17. The first kappa shape index (κ1) is 12.5. The number of hydrogen-bond acceptors (Lipinski definition) is 2. The quantitative estimate of drug-likeness (QED) is 0.898. The molecule has 0 aliphatic rings. The highest BCUT2D eigenvalue weighted by molar-refractivity contribution is 5.43. The lowest BCUT2D eigenvalue weighted by Gasteiger charge is -2.12. The molecule has 0 saturated heterocycles. The number of anilines is 1. The van der Waals surface area contributed by atoms with Gasteiger partial charge in [0.1, 0.15) is 5.69 Å². The summed E-state index contributed by atoms with van der Waals surface area (Å²) in [6.45, 7) is 4.63. The molecule has 0 saturated carbocycles. The molecule has 0 atom stereocenters. The third-order valence-electron chi connectivity index (χ3n) is 3.17. The maximum Gasteiger partial charge on any atom is 0.290 e. The summed E-state index contributed by atoms with van der Waals surface area (Å²) < 4.78 is 3.55. The van der Waals surface area contributed by atoms with Crippen molar-refractivity contribution in [2.24, 2.45) is 7.05 Å². The Morgan fingerprint density at radius 3 is 2.33 bits per heavy atom. The first-order chi connectivity index (χ1) is 8.52. The van der Waals surface area contributed by atoms with Crippen molar-refractivity contribution < 1.29 is 0 Å². The number of rotatable bonds is 3. The lowest BCUT2D eigenvalue weighted by atomic mass is 10.1. The molecule has 2 aromatic rings. The van der Waals surface area contributed by atoms with Crippen LogP contribution in [-0.2, 0) is 13.6 Å². The van der Waals surface area contributed by atoms with Crippen LogP contribution in [0.4, 0.5) is 5.69 Å². The van der Waals surface area contributed by atoms with Crippen LogP contribution in [0.1, 0.15) is 31.0 Å². The Labute approximate surface area is 107 Å². The molecular weight excluding hydrogens is 226 g/mol. The average molecular weight is 245 g/mol. The van der Waals surface area contributed by atoms with Crippen molar-refractivity contribution in [1.82, 2.24) is 9.36 Å². The fraction of sp³-hybridized carbons (Fsp3) is 0.357. The third kappa shape index (κ3) is 2.06. The fourth-order valence-electron chi connectivity index (χ4n) is 2.31. The van der Waals surface area contributed by atoms with E-state index in [0.29, 0.717) is 12.2 Å². The molecule has 0 spiro atoms. The largest absolute Gasteiger partial charge is 0.393 e. The summed E-state index contributed by atoms with van der Waals surface area (Å²) in [5.41, 5.74) is 8.15. The molecule has 0 fully saturated rings. The zero-order chi connectivity index (χ0) is 13.3. The van der Waals surface area contributed by atoms with E-state index in [9.17, 15) is 4.79 Å². The second-order valence-electron chi connectivity index (χ2n) is 4.83. The Kier molecular flexibility index (Phi) is 3.28. The van der Waals surface area contributed by atoms with E-state index in [0.717, 1.165) is 11.3 Å². The molecule has 0 radical (unpaired) electrons. The standard InChI is InChI=1S/C14H19N3O/c1-10(2)13-12(15)14(18)17(16(13)3)9-11-7-5-4-6-8-11/h4-8,10H,9,15H2,1-3H3. The zero-order valence-electron chi connectivity index (χ0n) is 11.1. The molecule has 4 heteroatoms. The Hall–Kier alpha value is -1.97. The Balaban J connectivity index is 2.47. The second kappa shape index (κ2) is 4.72. The first-order valence-electron chi connectivity index (χ1n) is 6.11. The van der Waals surface area contributed by atoms with Crippen LogP contribution in [0.15, 0.2) is 35.1 Å². The minimum Gasteiger partial charge on any atom is -0.393 e. The minimum absolute atomic E-state index is 0.106. The Morgan fingerprint density at radius 1 is 1.22 bits per heavy atom. The smallest absolute Gasteiger partial charge is 0.290 e. The molecule has 2 rings (SSSR count). The van der Waals surface area contributed by atoms with Gasteiger partial charge in [0.2, 0.25) is 0 Å². The van der Waals surface area contributed by atoms with E-state index < -0.39 is 0 Å². The van der Waals surface area contributed by atoms with Crippen LogP contribution in [0.3, 0.4) is 0 Å². The molecule has 18 heavy (non-hydrogen) atoms.